The van der Waals surface area contributed by atoms with Crippen LogP contribution in [0.1, 0.15) is 0 Å². The van der Waals surface area contributed by atoms with E-state index in [1.807, 2.05) is 0 Å². The Morgan fingerprint density at radius 2 is 2.12 bits per heavy atom. The maximum Gasteiger partial charge on any atom is 0.284 e. The van der Waals surface area contributed by atoms with Gasteiger partial charge in [0, 0.05) is 0 Å². The topological polar surface area (TPSA) is 44.8 Å². The Hall–Kier alpha value is 0.240. The molecule has 1 unspecified atom stereocenters. The first-order valence-electron chi connectivity index (χ1n) is 1.14. The van der Waals surface area contributed by atoms with Crippen molar-refractivity contribution in [3.8, 4) is 0 Å². The van der Waals surface area contributed by atoms with Crippen molar-refractivity contribution in [2.24, 2.45) is 0 Å². The third kappa shape index (κ3) is 4.40. The molecule has 0 aliphatic rings. The Bertz CT molecular complexity index is 74.4. The summed E-state index contributed by atoms with van der Waals surface area (Å²) in [4.78, 5) is 0. The van der Waals surface area contributed by atoms with E-state index in [1.54, 1.807) is 0 Å². The third-order valence-corrected chi connectivity index (χ3v) is 1.14. The van der Waals surface area contributed by atoms with Crippen molar-refractivity contribution in [3.05, 3.63) is 0 Å². The molecule has 0 amide bonds. The molecule has 0 aliphatic carbocycles. The molecule has 0 saturated carbocycles. The van der Waals surface area contributed by atoms with Gasteiger partial charge in [0.05, 0.1) is 0 Å². The largest absolute Gasteiger partial charge is 0.284 e. The average Bonchev–Trinajstić information content (AvgIpc) is 1.83. The van der Waals surface area contributed by atoms with E-state index >= 15 is 0 Å². The molecule has 0 aromatic rings. The number of hydrogen-bond donors (Lipinski definition) is 0. The molecule has 0 aromatic heterocycles. The summed E-state index contributed by atoms with van der Waals surface area (Å²) >= 11 is -0.146. The van der Waals surface area contributed by atoms with Crippen molar-refractivity contribution in [2.75, 3.05) is 0 Å². The minimum Gasteiger partial charge on any atom is -0.212 e. The average molecular weight is 166 g/mol. The van der Waals surface area contributed by atoms with Crippen molar-refractivity contribution < 1.29 is 27.1 Å². The Kier molecular flexibility index (Phi) is 5.54. The van der Waals surface area contributed by atoms with Crippen LogP contribution in [0.2, 0.25) is 0 Å². The van der Waals surface area contributed by atoms with Gasteiger partial charge >= 0.3 is 0 Å². The zero-order chi connectivity index (χ0) is 6.41. The normalized spacial score (nSPS) is 13.8. The van der Waals surface area contributed by atoms with E-state index < -0.39 is 10.1 Å². The zero-order valence-electron chi connectivity index (χ0n) is 3.21. The molecule has 8 heteroatoms. The molecule has 0 bridgehead atoms. The van der Waals surface area contributed by atoms with E-state index in [1.165, 1.54) is 0 Å². The molecule has 0 aliphatic heterocycles. The number of rotatable bonds is 4. The van der Waals surface area contributed by atoms with E-state index in [4.69, 9.17) is 0 Å². The quantitative estimate of drug-likeness (QED) is 0.269. The molecule has 50 valence electrons. The maximum absolute atomic E-state index is 10.6. The lowest BCUT2D eigenvalue weighted by molar-refractivity contribution is -0.357. The fourth-order valence-electron chi connectivity index (χ4n) is 0.0437. The number of hydrogen-bond acceptors (Lipinski definition) is 5. The zero-order valence-corrected chi connectivity index (χ0v) is 4.84. The van der Waals surface area contributed by atoms with E-state index in [-0.39, 0.29) is 11.1 Å². The summed E-state index contributed by atoms with van der Waals surface area (Å²) in [6.07, 6.45) is 0. The Morgan fingerprint density at radius 1 is 1.50 bits per heavy atom. The summed E-state index contributed by atoms with van der Waals surface area (Å²) in [6.45, 7) is 0. The highest BCUT2D eigenvalue weighted by molar-refractivity contribution is 8.65. The monoisotopic (exact) mass is 166 g/mol. The van der Waals surface area contributed by atoms with Crippen LogP contribution < -0.4 is 0 Å². The smallest absolute Gasteiger partial charge is 0.212 e. The maximum atomic E-state index is 10.6. The second-order valence-electron chi connectivity index (χ2n) is 0.466. The first kappa shape index (κ1) is 8.24. The molecule has 8 heavy (non-hydrogen) atoms. The first-order chi connectivity index (χ1) is 3.81. The molecule has 0 spiro atoms. The summed E-state index contributed by atoms with van der Waals surface area (Å²) in [6, 6.07) is 0. The molecule has 0 aromatic carbocycles. The Morgan fingerprint density at radius 3 is 2.50 bits per heavy atom. The van der Waals surface area contributed by atoms with Crippen molar-refractivity contribution in [1.29, 1.82) is 0 Å². The summed E-state index contributed by atoms with van der Waals surface area (Å²) in [5.41, 5.74) is 0. The summed E-state index contributed by atoms with van der Waals surface area (Å²) < 4.78 is 36.6. The van der Waals surface area contributed by atoms with Gasteiger partial charge in [0.1, 0.15) is 0 Å². The molecule has 0 heterocycles. The highest BCUT2D eigenvalue weighted by Crippen LogP contribution is 2.10. The van der Waals surface area contributed by atoms with Crippen molar-refractivity contribution >= 4 is 21.2 Å². The molecular formula is F2O4S2. The van der Waals surface area contributed by atoms with E-state index in [0.717, 1.165) is 0 Å². The van der Waals surface area contributed by atoms with Crippen LogP contribution in [0.4, 0.5) is 9.05 Å². The van der Waals surface area contributed by atoms with Crippen LogP contribution in [-0.4, -0.2) is 4.21 Å². The third-order valence-electron chi connectivity index (χ3n) is 0.160. The minimum absolute atomic E-state index is 0.146. The highest BCUT2D eigenvalue weighted by atomic mass is 33.1. The van der Waals surface area contributed by atoms with Gasteiger partial charge in [-0.3, -0.25) is 0 Å². The fourth-order valence-corrected chi connectivity index (χ4v) is 0.393. The van der Waals surface area contributed by atoms with Gasteiger partial charge in [-0.25, -0.2) is 4.21 Å². The van der Waals surface area contributed by atoms with Gasteiger partial charge in [0.2, 0.25) is 0 Å². The second-order valence-corrected chi connectivity index (χ2v) is 2.50. The van der Waals surface area contributed by atoms with Crippen LogP contribution in [0.5, 0.6) is 0 Å². The lowest BCUT2D eigenvalue weighted by Crippen LogP contribution is -1.81. The fraction of sp³-hybridized carbons (Fsp3) is 0. The Labute approximate surface area is 49.1 Å². The summed E-state index contributed by atoms with van der Waals surface area (Å²) in [5, 5.41) is 2.44. The van der Waals surface area contributed by atoms with Gasteiger partial charge < -0.3 is 0 Å². The van der Waals surface area contributed by atoms with Gasteiger partial charge in [-0.2, -0.15) is 0 Å². The van der Waals surface area contributed by atoms with Gasteiger partial charge in [0.15, 0.2) is 11.1 Å². The van der Waals surface area contributed by atoms with Crippen LogP contribution >= 0.6 is 11.1 Å². The molecular weight excluding hydrogens is 166 g/mol. The lowest BCUT2D eigenvalue weighted by atomic mass is 14.8. The molecule has 0 fully saturated rings. The summed E-state index contributed by atoms with van der Waals surface area (Å²) in [5.74, 6) is 0. The predicted molar refractivity (Wildman–Crippen MR) is 21.2 cm³/mol. The SMILES string of the molecule is O=S(OF)SOOF. The van der Waals surface area contributed by atoms with Crippen molar-refractivity contribution in [2.45, 2.75) is 0 Å². The van der Waals surface area contributed by atoms with Gasteiger partial charge in [-0.1, -0.05) is 4.39 Å². The first-order valence-corrected chi connectivity index (χ1v) is 3.48. The van der Waals surface area contributed by atoms with Crippen molar-refractivity contribution in [3.63, 3.8) is 0 Å². The molecule has 1 atom stereocenters. The van der Waals surface area contributed by atoms with Crippen LogP contribution in [0, 0.1) is 0 Å². The van der Waals surface area contributed by atoms with Crippen LogP contribution in [0.25, 0.3) is 0 Å². The molecule has 0 saturated heterocycles. The van der Waals surface area contributed by atoms with Gasteiger partial charge in [-0.05, 0) is 14.1 Å². The second kappa shape index (κ2) is 5.38. The van der Waals surface area contributed by atoms with Gasteiger partial charge in [-0.15, -0.1) is 4.33 Å². The molecule has 0 radical (unpaired) electrons. The highest BCUT2D eigenvalue weighted by Gasteiger charge is 2.01. The molecule has 4 nitrogen and oxygen atoms in total. The standard InChI is InChI=1S/F2O4S2/c1-4-6-7-8(3)5-2. The predicted octanol–water partition coefficient (Wildman–Crippen LogP) is 0.947. The Balaban J connectivity index is 2.99. The van der Waals surface area contributed by atoms with E-state index in [9.17, 15) is 13.3 Å². The van der Waals surface area contributed by atoms with Gasteiger partial charge in [0.25, 0.3) is 10.1 Å². The molecule has 0 N–H and O–H groups in total. The lowest BCUT2D eigenvalue weighted by Gasteiger charge is -1.85. The molecule has 0 rings (SSSR count). The van der Waals surface area contributed by atoms with E-state index in [2.05, 4.69) is 13.8 Å². The van der Waals surface area contributed by atoms with Crippen molar-refractivity contribution in [1.82, 2.24) is 0 Å². The van der Waals surface area contributed by atoms with E-state index in [0.29, 0.717) is 0 Å². The number of halogens is 2. The van der Waals surface area contributed by atoms with Crippen LogP contribution in [-0.2, 0) is 23.9 Å². The summed E-state index contributed by atoms with van der Waals surface area (Å²) in [7, 11) is -2.36. The minimum atomic E-state index is -2.36. The van der Waals surface area contributed by atoms with Crippen LogP contribution in [0.3, 0.4) is 0 Å². The van der Waals surface area contributed by atoms with Crippen LogP contribution in [0.15, 0.2) is 0 Å².